The van der Waals surface area contributed by atoms with Crippen LogP contribution in [0.25, 0.3) is 6.08 Å². The van der Waals surface area contributed by atoms with Crippen LogP contribution >= 0.6 is 22.9 Å². The summed E-state index contributed by atoms with van der Waals surface area (Å²) in [6.45, 7) is 0. The van der Waals surface area contributed by atoms with Gasteiger partial charge in [-0.05, 0) is 29.6 Å². The highest BCUT2D eigenvalue weighted by molar-refractivity contribution is 7.10. The monoisotopic (exact) mass is 262 g/mol. The average Bonchev–Trinajstić information content (AvgIpc) is 2.91. The summed E-state index contributed by atoms with van der Waals surface area (Å²) in [5.74, 6) is 0.808. The first-order chi connectivity index (χ1) is 8.24. The van der Waals surface area contributed by atoms with E-state index in [4.69, 9.17) is 16.3 Å². The maximum atomic E-state index is 12.0. The van der Waals surface area contributed by atoms with Crippen LogP contribution in [-0.4, -0.2) is 5.78 Å². The molecular weight excluding hydrogens is 256 g/mol. The topological polar surface area (TPSA) is 26.3 Å². The van der Waals surface area contributed by atoms with Crippen LogP contribution in [0.2, 0.25) is 5.02 Å². The molecule has 0 N–H and O–H groups in total. The van der Waals surface area contributed by atoms with Gasteiger partial charge in [-0.2, -0.15) is 0 Å². The van der Waals surface area contributed by atoms with Crippen molar-refractivity contribution in [1.82, 2.24) is 0 Å². The number of rotatable bonds is 1. The van der Waals surface area contributed by atoms with Crippen molar-refractivity contribution in [3.05, 3.63) is 56.9 Å². The first-order valence-corrected chi connectivity index (χ1v) is 6.27. The van der Waals surface area contributed by atoms with Gasteiger partial charge in [-0.1, -0.05) is 17.7 Å². The Bertz CT molecular complexity index is 614. The molecule has 17 heavy (non-hydrogen) atoms. The molecule has 4 heteroatoms. The zero-order valence-corrected chi connectivity index (χ0v) is 10.2. The quantitative estimate of drug-likeness (QED) is 0.726. The van der Waals surface area contributed by atoms with E-state index in [0.29, 0.717) is 22.1 Å². The molecule has 3 rings (SSSR count). The lowest BCUT2D eigenvalue weighted by Gasteiger charge is -1.96. The molecule has 0 atom stereocenters. The Balaban J connectivity index is 2.02. The van der Waals surface area contributed by atoms with E-state index in [0.717, 1.165) is 4.88 Å². The van der Waals surface area contributed by atoms with Gasteiger partial charge < -0.3 is 4.74 Å². The second-order valence-corrected chi connectivity index (χ2v) is 5.01. The second-order valence-electron chi connectivity index (χ2n) is 3.60. The summed E-state index contributed by atoms with van der Waals surface area (Å²) in [6.07, 6.45) is 1.75. The Labute approximate surface area is 107 Å². The number of hydrogen-bond donors (Lipinski definition) is 0. The van der Waals surface area contributed by atoms with Crippen molar-refractivity contribution in [2.24, 2.45) is 0 Å². The van der Waals surface area contributed by atoms with Crippen LogP contribution < -0.4 is 4.74 Å². The van der Waals surface area contributed by atoms with Crippen LogP contribution in [0.3, 0.4) is 0 Å². The van der Waals surface area contributed by atoms with Gasteiger partial charge in [-0.15, -0.1) is 11.3 Å². The number of benzene rings is 1. The smallest absolute Gasteiger partial charge is 0.232 e. The lowest BCUT2D eigenvalue weighted by Crippen LogP contribution is -1.97. The standard InChI is InChI=1S/C13H7ClO2S/c14-8-3-4-11-10(6-8)13(15)12(16-11)7-9-2-1-5-17-9/h1-7H/b12-7-. The van der Waals surface area contributed by atoms with E-state index in [1.54, 1.807) is 35.6 Å². The lowest BCUT2D eigenvalue weighted by molar-refractivity contribution is 0.101. The normalized spacial score (nSPS) is 16.1. The van der Waals surface area contributed by atoms with Crippen molar-refractivity contribution in [3.63, 3.8) is 0 Å². The summed E-state index contributed by atoms with van der Waals surface area (Å²) in [5.41, 5.74) is 0.528. The van der Waals surface area contributed by atoms with Crippen LogP contribution in [0.15, 0.2) is 41.5 Å². The van der Waals surface area contributed by atoms with Gasteiger partial charge in [0.1, 0.15) is 5.75 Å². The second kappa shape index (κ2) is 4.02. The van der Waals surface area contributed by atoms with E-state index in [-0.39, 0.29) is 5.78 Å². The Morgan fingerprint density at radius 1 is 1.29 bits per heavy atom. The van der Waals surface area contributed by atoms with Crippen molar-refractivity contribution in [2.45, 2.75) is 0 Å². The molecule has 0 radical (unpaired) electrons. The Kier molecular flexibility index (Phi) is 2.50. The van der Waals surface area contributed by atoms with E-state index in [2.05, 4.69) is 0 Å². The number of Topliss-reactive ketones (excluding diaryl/α,β-unsaturated/α-hetero) is 1. The van der Waals surface area contributed by atoms with Crippen LogP contribution in [0.1, 0.15) is 15.2 Å². The first kappa shape index (κ1) is 10.6. The summed E-state index contributed by atoms with van der Waals surface area (Å²) in [6, 6.07) is 8.92. The molecule has 1 aromatic carbocycles. The maximum Gasteiger partial charge on any atom is 0.232 e. The number of ether oxygens (including phenoxy) is 1. The third-order valence-electron chi connectivity index (χ3n) is 2.45. The molecular formula is C13H7ClO2S. The summed E-state index contributed by atoms with van der Waals surface area (Å²) in [7, 11) is 0. The minimum absolute atomic E-state index is 0.115. The fourth-order valence-corrected chi connectivity index (χ4v) is 2.48. The highest BCUT2D eigenvalue weighted by Crippen LogP contribution is 2.33. The largest absolute Gasteiger partial charge is 0.452 e. The van der Waals surface area contributed by atoms with Crippen molar-refractivity contribution in [1.29, 1.82) is 0 Å². The van der Waals surface area contributed by atoms with Crippen molar-refractivity contribution in [2.75, 3.05) is 0 Å². The minimum Gasteiger partial charge on any atom is -0.452 e. The predicted octanol–water partition coefficient (Wildman–Crippen LogP) is 4.02. The SMILES string of the molecule is O=C1/C(=C/c2cccs2)Oc2ccc(Cl)cc21. The number of allylic oxidation sites excluding steroid dienone is 1. The first-order valence-electron chi connectivity index (χ1n) is 5.01. The molecule has 0 bridgehead atoms. The lowest BCUT2D eigenvalue weighted by atomic mass is 10.1. The molecule has 1 aliphatic rings. The molecule has 1 aromatic heterocycles. The number of carbonyl (C=O) groups excluding carboxylic acids is 1. The summed E-state index contributed by atoms with van der Waals surface area (Å²) >= 11 is 7.41. The average molecular weight is 263 g/mol. The van der Waals surface area contributed by atoms with E-state index in [1.165, 1.54) is 0 Å². The molecule has 84 valence electrons. The number of carbonyl (C=O) groups is 1. The van der Waals surface area contributed by atoms with Gasteiger partial charge in [0.05, 0.1) is 5.56 Å². The Morgan fingerprint density at radius 2 is 2.18 bits per heavy atom. The molecule has 2 nitrogen and oxygen atoms in total. The molecule has 2 heterocycles. The van der Waals surface area contributed by atoms with E-state index in [9.17, 15) is 4.79 Å². The van der Waals surface area contributed by atoms with Crippen LogP contribution in [0, 0.1) is 0 Å². The van der Waals surface area contributed by atoms with Gasteiger partial charge in [-0.3, -0.25) is 4.79 Å². The highest BCUT2D eigenvalue weighted by Gasteiger charge is 2.27. The molecule has 0 unspecified atom stereocenters. The van der Waals surface area contributed by atoms with Crippen molar-refractivity contribution >= 4 is 34.8 Å². The third-order valence-corrected chi connectivity index (χ3v) is 3.50. The van der Waals surface area contributed by atoms with E-state index >= 15 is 0 Å². The van der Waals surface area contributed by atoms with Crippen LogP contribution in [0.5, 0.6) is 5.75 Å². The predicted molar refractivity (Wildman–Crippen MR) is 68.7 cm³/mol. The van der Waals surface area contributed by atoms with Crippen LogP contribution in [0.4, 0.5) is 0 Å². The fraction of sp³-hybridized carbons (Fsp3) is 0. The number of halogens is 1. The molecule has 0 saturated heterocycles. The van der Waals surface area contributed by atoms with E-state index < -0.39 is 0 Å². The van der Waals surface area contributed by atoms with Gasteiger partial charge in [0.25, 0.3) is 0 Å². The number of ketones is 1. The molecule has 2 aromatic rings. The van der Waals surface area contributed by atoms with Gasteiger partial charge in [-0.25, -0.2) is 0 Å². The molecule has 0 fully saturated rings. The molecule has 0 amide bonds. The fourth-order valence-electron chi connectivity index (χ4n) is 1.66. The van der Waals surface area contributed by atoms with Gasteiger partial charge >= 0.3 is 0 Å². The summed E-state index contributed by atoms with van der Waals surface area (Å²) in [5, 5.41) is 2.49. The van der Waals surface area contributed by atoms with Gasteiger partial charge in [0, 0.05) is 16.0 Å². The zero-order valence-electron chi connectivity index (χ0n) is 8.64. The highest BCUT2D eigenvalue weighted by atomic mass is 35.5. The van der Waals surface area contributed by atoms with E-state index in [1.807, 2.05) is 17.5 Å². The Hall–Kier alpha value is -1.58. The number of fused-ring (bicyclic) bond motifs is 1. The molecule has 0 spiro atoms. The minimum atomic E-state index is -0.115. The number of thiophene rings is 1. The van der Waals surface area contributed by atoms with Gasteiger partial charge in [0.15, 0.2) is 5.76 Å². The van der Waals surface area contributed by atoms with Crippen LogP contribution in [-0.2, 0) is 0 Å². The number of hydrogen-bond acceptors (Lipinski definition) is 3. The summed E-state index contributed by atoms with van der Waals surface area (Å²) in [4.78, 5) is 13.0. The molecule has 0 saturated carbocycles. The maximum absolute atomic E-state index is 12.0. The Morgan fingerprint density at radius 3 is 2.94 bits per heavy atom. The molecule has 1 aliphatic heterocycles. The van der Waals surface area contributed by atoms with Crippen molar-refractivity contribution < 1.29 is 9.53 Å². The third kappa shape index (κ3) is 1.88. The molecule has 0 aliphatic carbocycles. The van der Waals surface area contributed by atoms with Gasteiger partial charge in [0.2, 0.25) is 5.78 Å². The zero-order chi connectivity index (χ0) is 11.8. The van der Waals surface area contributed by atoms with Crippen molar-refractivity contribution in [3.8, 4) is 5.75 Å². The summed E-state index contributed by atoms with van der Waals surface area (Å²) < 4.78 is 5.51.